The molecule has 110 valence electrons. The molecule has 0 bridgehead atoms. The highest BCUT2D eigenvalue weighted by Crippen LogP contribution is 2.43. The van der Waals surface area contributed by atoms with Gasteiger partial charge in [0.25, 0.3) is 0 Å². The maximum atomic E-state index is 6.12. The van der Waals surface area contributed by atoms with Crippen LogP contribution in [-0.2, 0) is 10.3 Å². The first-order valence-electron chi connectivity index (χ1n) is 7.77. The predicted molar refractivity (Wildman–Crippen MR) is 78.2 cm³/mol. The van der Waals surface area contributed by atoms with Gasteiger partial charge in [-0.05, 0) is 32.6 Å². The van der Waals surface area contributed by atoms with E-state index < -0.39 is 0 Å². The number of nitrogens with one attached hydrogen (secondary N) is 1. The van der Waals surface area contributed by atoms with Crippen molar-refractivity contribution < 1.29 is 4.74 Å². The Kier molecular flexibility index (Phi) is 3.89. The Balaban J connectivity index is 1.98. The Labute approximate surface area is 120 Å². The fourth-order valence-electron chi connectivity index (χ4n) is 3.16. The lowest BCUT2D eigenvalue weighted by Crippen LogP contribution is -2.35. The van der Waals surface area contributed by atoms with Gasteiger partial charge in [0, 0.05) is 24.3 Å². The average molecular weight is 276 g/mol. The summed E-state index contributed by atoms with van der Waals surface area (Å²) in [4.78, 5) is 9.43. The van der Waals surface area contributed by atoms with Crippen LogP contribution in [-0.4, -0.2) is 16.6 Å². The van der Waals surface area contributed by atoms with E-state index in [4.69, 9.17) is 15.6 Å². The Morgan fingerprint density at radius 3 is 2.65 bits per heavy atom. The Hall–Kier alpha value is -1.20. The maximum Gasteiger partial charge on any atom is 0.162 e. The molecule has 0 aliphatic heterocycles. The molecule has 2 aliphatic carbocycles. The normalized spacial score (nSPS) is 21.7. The summed E-state index contributed by atoms with van der Waals surface area (Å²) in [5, 5.41) is 0. The van der Waals surface area contributed by atoms with Crippen LogP contribution in [0.25, 0.3) is 0 Å². The first kappa shape index (κ1) is 13.8. The lowest BCUT2D eigenvalue weighted by molar-refractivity contribution is -0.0767. The Bertz CT molecular complexity index is 461. The lowest BCUT2D eigenvalue weighted by atomic mass is 9.83. The number of anilines is 1. The molecule has 5 nitrogen and oxygen atoms in total. The lowest BCUT2D eigenvalue weighted by Gasteiger charge is -2.35. The number of rotatable bonds is 5. The van der Waals surface area contributed by atoms with Gasteiger partial charge in [0.1, 0.15) is 11.4 Å². The van der Waals surface area contributed by atoms with Crippen LogP contribution in [0.4, 0.5) is 5.82 Å². The van der Waals surface area contributed by atoms with E-state index in [9.17, 15) is 0 Å². The van der Waals surface area contributed by atoms with E-state index in [2.05, 4.69) is 10.4 Å². The summed E-state index contributed by atoms with van der Waals surface area (Å²) in [5.74, 6) is 7.70. The molecule has 20 heavy (non-hydrogen) atoms. The highest BCUT2D eigenvalue weighted by molar-refractivity contribution is 5.37. The van der Waals surface area contributed by atoms with Crippen molar-refractivity contribution in [1.29, 1.82) is 0 Å². The number of hydrogen-bond donors (Lipinski definition) is 2. The van der Waals surface area contributed by atoms with Gasteiger partial charge in [0.05, 0.1) is 0 Å². The number of hydrogen-bond acceptors (Lipinski definition) is 5. The largest absolute Gasteiger partial charge is 0.367 e. The van der Waals surface area contributed by atoms with Gasteiger partial charge in [-0.25, -0.2) is 15.8 Å². The molecule has 3 N–H and O–H groups in total. The quantitative estimate of drug-likeness (QED) is 0.639. The van der Waals surface area contributed by atoms with Crippen LogP contribution in [0.15, 0.2) is 6.07 Å². The van der Waals surface area contributed by atoms with Crippen molar-refractivity contribution in [3.63, 3.8) is 0 Å². The van der Waals surface area contributed by atoms with Crippen molar-refractivity contribution in [3.05, 3.63) is 17.6 Å². The summed E-state index contributed by atoms with van der Waals surface area (Å²) in [7, 11) is 0. The van der Waals surface area contributed by atoms with Gasteiger partial charge in [-0.15, -0.1) is 0 Å². The van der Waals surface area contributed by atoms with Crippen LogP contribution in [0.1, 0.15) is 69.3 Å². The van der Waals surface area contributed by atoms with Crippen molar-refractivity contribution in [2.75, 3.05) is 12.0 Å². The van der Waals surface area contributed by atoms with Crippen molar-refractivity contribution >= 4 is 5.82 Å². The van der Waals surface area contributed by atoms with E-state index in [1.54, 1.807) is 0 Å². The zero-order chi connectivity index (χ0) is 14.0. The number of ether oxygens (including phenoxy) is 1. The number of nitrogens with two attached hydrogens (primary N) is 1. The highest BCUT2D eigenvalue weighted by Gasteiger charge is 2.39. The molecule has 2 aliphatic rings. The summed E-state index contributed by atoms with van der Waals surface area (Å²) in [6.07, 6.45) is 8.12. The molecule has 0 spiro atoms. The van der Waals surface area contributed by atoms with Gasteiger partial charge in [-0.3, -0.25) is 0 Å². The van der Waals surface area contributed by atoms with Crippen LogP contribution in [0, 0.1) is 0 Å². The molecule has 0 atom stereocenters. The number of nitrogens with zero attached hydrogens (tertiary/aromatic N) is 2. The fourth-order valence-corrected chi connectivity index (χ4v) is 3.16. The molecular weight excluding hydrogens is 252 g/mol. The third-order valence-corrected chi connectivity index (χ3v) is 4.38. The standard InChI is InChI=1S/C15H24N4O/c1-2-20-15(8-4-3-5-9-15)14-17-12(11-6-7-11)10-13(18-14)19-16/h10-11H,2-9,16H2,1H3,(H,17,18,19). The monoisotopic (exact) mass is 276 g/mol. The first-order chi connectivity index (χ1) is 9.77. The molecule has 0 saturated heterocycles. The van der Waals surface area contributed by atoms with Gasteiger partial charge in [-0.2, -0.15) is 0 Å². The van der Waals surface area contributed by atoms with E-state index in [1.807, 2.05) is 13.0 Å². The molecule has 2 saturated carbocycles. The zero-order valence-corrected chi connectivity index (χ0v) is 12.2. The predicted octanol–water partition coefficient (Wildman–Crippen LogP) is 2.84. The molecule has 2 fully saturated rings. The van der Waals surface area contributed by atoms with E-state index in [1.165, 1.54) is 32.1 Å². The van der Waals surface area contributed by atoms with Gasteiger partial charge < -0.3 is 10.2 Å². The van der Waals surface area contributed by atoms with Crippen LogP contribution >= 0.6 is 0 Å². The fraction of sp³-hybridized carbons (Fsp3) is 0.733. The van der Waals surface area contributed by atoms with Crippen molar-refractivity contribution in [2.45, 2.75) is 63.4 Å². The number of hydrazine groups is 1. The Morgan fingerprint density at radius 1 is 1.30 bits per heavy atom. The molecular formula is C15H24N4O. The third kappa shape index (κ3) is 2.65. The second-order valence-electron chi connectivity index (χ2n) is 5.91. The van der Waals surface area contributed by atoms with E-state index in [0.29, 0.717) is 18.3 Å². The number of aromatic nitrogens is 2. The minimum atomic E-state index is -0.302. The summed E-state index contributed by atoms with van der Waals surface area (Å²) in [6, 6.07) is 1.98. The summed E-state index contributed by atoms with van der Waals surface area (Å²) < 4.78 is 6.12. The first-order valence-corrected chi connectivity index (χ1v) is 7.77. The summed E-state index contributed by atoms with van der Waals surface area (Å²) >= 11 is 0. The SMILES string of the molecule is CCOC1(c2nc(NN)cc(C3CC3)n2)CCCCC1. The average Bonchev–Trinajstić information content (AvgIpc) is 3.33. The zero-order valence-electron chi connectivity index (χ0n) is 12.2. The second kappa shape index (κ2) is 5.66. The highest BCUT2D eigenvalue weighted by atomic mass is 16.5. The van der Waals surface area contributed by atoms with E-state index >= 15 is 0 Å². The van der Waals surface area contributed by atoms with Gasteiger partial charge in [0.2, 0.25) is 0 Å². The number of nitrogen functional groups attached to an aromatic ring is 1. The van der Waals surface area contributed by atoms with E-state index in [-0.39, 0.29) is 5.60 Å². The molecule has 0 amide bonds. The van der Waals surface area contributed by atoms with Crippen LogP contribution in [0.3, 0.4) is 0 Å². The smallest absolute Gasteiger partial charge is 0.162 e. The second-order valence-corrected chi connectivity index (χ2v) is 5.91. The topological polar surface area (TPSA) is 73.1 Å². The molecule has 0 unspecified atom stereocenters. The van der Waals surface area contributed by atoms with Gasteiger partial charge in [0.15, 0.2) is 5.82 Å². The molecule has 0 radical (unpaired) electrons. The third-order valence-electron chi connectivity index (χ3n) is 4.38. The maximum absolute atomic E-state index is 6.12. The van der Waals surface area contributed by atoms with Crippen molar-refractivity contribution in [1.82, 2.24) is 9.97 Å². The summed E-state index contributed by atoms with van der Waals surface area (Å²) in [5.41, 5.74) is 3.50. The molecule has 1 heterocycles. The Morgan fingerprint density at radius 2 is 2.05 bits per heavy atom. The van der Waals surface area contributed by atoms with Crippen molar-refractivity contribution in [3.8, 4) is 0 Å². The van der Waals surface area contributed by atoms with Crippen LogP contribution in [0.5, 0.6) is 0 Å². The molecule has 1 aromatic rings. The molecule has 3 rings (SSSR count). The minimum absolute atomic E-state index is 0.302. The van der Waals surface area contributed by atoms with E-state index in [0.717, 1.165) is 24.4 Å². The van der Waals surface area contributed by atoms with Gasteiger partial charge in [-0.1, -0.05) is 19.3 Å². The van der Waals surface area contributed by atoms with Gasteiger partial charge >= 0.3 is 0 Å². The minimum Gasteiger partial charge on any atom is -0.367 e. The summed E-state index contributed by atoms with van der Waals surface area (Å²) in [6.45, 7) is 2.74. The molecule has 5 heteroatoms. The molecule has 0 aromatic carbocycles. The van der Waals surface area contributed by atoms with Crippen LogP contribution < -0.4 is 11.3 Å². The van der Waals surface area contributed by atoms with Crippen molar-refractivity contribution in [2.24, 2.45) is 5.84 Å². The molecule has 1 aromatic heterocycles. The van der Waals surface area contributed by atoms with Crippen LogP contribution in [0.2, 0.25) is 0 Å².